The van der Waals surface area contributed by atoms with Crippen molar-refractivity contribution in [2.24, 2.45) is 0 Å². The molecular weight excluding hydrogens is 320 g/mol. The fourth-order valence-corrected chi connectivity index (χ4v) is 3.39. The Labute approximate surface area is 147 Å². The zero-order chi connectivity index (χ0) is 17.7. The first-order chi connectivity index (χ1) is 12.1. The van der Waals surface area contributed by atoms with Crippen molar-refractivity contribution < 1.29 is 19.1 Å². The quantitative estimate of drug-likeness (QED) is 0.804. The number of hydrogen-bond acceptors (Lipinski definition) is 4. The van der Waals surface area contributed by atoms with Gasteiger partial charge >= 0.3 is 12.0 Å². The van der Waals surface area contributed by atoms with Gasteiger partial charge < -0.3 is 10.1 Å². The van der Waals surface area contributed by atoms with Crippen LogP contribution < -0.4 is 10.6 Å². The number of urea groups is 1. The van der Waals surface area contributed by atoms with E-state index in [0.29, 0.717) is 0 Å². The van der Waals surface area contributed by atoms with Crippen LogP contribution in [0.1, 0.15) is 50.5 Å². The standard InChI is InChI=1S/C19H24N2O4/c22-16(21-18(24)20-15-9-5-2-6-10-15)13-25-17(23)19(11-12-19)14-7-3-1-4-8-14/h1,3-4,7-8,15H,2,5-6,9-13H2,(H2,20,21,22,24). The molecule has 25 heavy (non-hydrogen) atoms. The molecule has 0 aliphatic heterocycles. The van der Waals surface area contributed by atoms with Gasteiger partial charge in [0.05, 0.1) is 5.41 Å². The summed E-state index contributed by atoms with van der Waals surface area (Å²) >= 11 is 0. The highest BCUT2D eigenvalue weighted by molar-refractivity contribution is 5.96. The number of rotatable bonds is 5. The number of hydrogen-bond donors (Lipinski definition) is 2. The number of esters is 1. The Morgan fingerprint density at radius 1 is 1.04 bits per heavy atom. The summed E-state index contributed by atoms with van der Waals surface area (Å²) in [6, 6.07) is 9.05. The van der Waals surface area contributed by atoms with Gasteiger partial charge in [0.1, 0.15) is 0 Å². The third-order valence-corrected chi connectivity index (χ3v) is 4.99. The minimum absolute atomic E-state index is 0.122. The minimum atomic E-state index is -0.619. The van der Waals surface area contributed by atoms with Crippen LogP contribution in [0.5, 0.6) is 0 Å². The van der Waals surface area contributed by atoms with E-state index in [1.54, 1.807) is 0 Å². The van der Waals surface area contributed by atoms with Crippen LogP contribution in [0.15, 0.2) is 30.3 Å². The molecule has 0 atom stereocenters. The van der Waals surface area contributed by atoms with Crippen molar-refractivity contribution in [2.75, 3.05) is 6.61 Å². The van der Waals surface area contributed by atoms with E-state index in [1.807, 2.05) is 30.3 Å². The van der Waals surface area contributed by atoms with Gasteiger partial charge in [0.25, 0.3) is 5.91 Å². The Kier molecular flexibility index (Phi) is 5.36. The Bertz CT molecular complexity index is 634. The molecule has 6 nitrogen and oxygen atoms in total. The molecule has 0 bridgehead atoms. The van der Waals surface area contributed by atoms with Gasteiger partial charge in [0.2, 0.25) is 0 Å². The Hall–Kier alpha value is -2.37. The number of benzene rings is 1. The van der Waals surface area contributed by atoms with Crippen LogP contribution in [0.2, 0.25) is 0 Å². The summed E-state index contributed by atoms with van der Waals surface area (Å²) in [4.78, 5) is 36.0. The highest BCUT2D eigenvalue weighted by Gasteiger charge is 2.52. The lowest BCUT2D eigenvalue weighted by molar-refractivity contribution is -0.150. The number of carbonyl (C=O) groups is 3. The first-order valence-electron chi connectivity index (χ1n) is 8.93. The molecule has 134 valence electrons. The number of imide groups is 1. The second kappa shape index (κ2) is 7.68. The van der Waals surface area contributed by atoms with E-state index >= 15 is 0 Å². The summed E-state index contributed by atoms with van der Waals surface area (Å²) in [7, 11) is 0. The Morgan fingerprint density at radius 2 is 1.72 bits per heavy atom. The number of carbonyl (C=O) groups excluding carboxylic acids is 3. The van der Waals surface area contributed by atoms with Gasteiger partial charge in [-0.1, -0.05) is 49.6 Å². The molecule has 0 aromatic heterocycles. The zero-order valence-electron chi connectivity index (χ0n) is 14.3. The van der Waals surface area contributed by atoms with Crippen LogP contribution >= 0.6 is 0 Å². The van der Waals surface area contributed by atoms with Crippen LogP contribution in [0.4, 0.5) is 4.79 Å². The average Bonchev–Trinajstić information content (AvgIpc) is 3.43. The van der Waals surface area contributed by atoms with Crippen LogP contribution in [0, 0.1) is 0 Å². The molecule has 0 radical (unpaired) electrons. The third-order valence-electron chi connectivity index (χ3n) is 4.99. The van der Waals surface area contributed by atoms with Gasteiger partial charge in [0.15, 0.2) is 6.61 Å². The van der Waals surface area contributed by atoms with Gasteiger partial charge in [0, 0.05) is 6.04 Å². The second-order valence-electron chi connectivity index (χ2n) is 6.88. The van der Waals surface area contributed by atoms with Gasteiger partial charge in [-0.2, -0.15) is 0 Å². The SMILES string of the molecule is O=C(COC(=O)C1(c2ccccc2)CC1)NC(=O)NC1CCCCC1. The van der Waals surface area contributed by atoms with Crippen LogP contribution in [-0.2, 0) is 19.7 Å². The summed E-state index contributed by atoms with van der Waals surface area (Å²) in [5.74, 6) is -1.01. The summed E-state index contributed by atoms with van der Waals surface area (Å²) in [6.45, 7) is -0.439. The highest BCUT2D eigenvalue weighted by atomic mass is 16.5. The van der Waals surface area contributed by atoms with E-state index in [2.05, 4.69) is 10.6 Å². The van der Waals surface area contributed by atoms with Crippen molar-refractivity contribution in [3.8, 4) is 0 Å². The lowest BCUT2D eigenvalue weighted by Crippen LogP contribution is -2.46. The molecule has 1 aromatic rings. The fourth-order valence-electron chi connectivity index (χ4n) is 3.39. The van der Waals surface area contributed by atoms with Crippen molar-refractivity contribution in [1.82, 2.24) is 10.6 Å². The molecule has 2 fully saturated rings. The first-order valence-corrected chi connectivity index (χ1v) is 8.93. The lowest BCUT2D eigenvalue weighted by atomic mass is 9.96. The number of ether oxygens (including phenoxy) is 1. The predicted molar refractivity (Wildman–Crippen MR) is 91.9 cm³/mol. The Morgan fingerprint density at radius 3 is 2.36 bits per heavy atom. The molecule has 0 heterocycles. The molecule has 1 aromatic carbocycles. The maximum absolute atomic E-state index is 12.3. The van der Waals surface area contributed by atoms with Gasteiger partial charge in [-0.15, -0.1) is 0 Å². The topological polar surface area (TPSA) is 84.5 Å². The fraction of sp³-hybridized carbons (Fsp3) is 0.526. The van der Waals surface area contributed by atoms with Gasteiger partial charge in [-0.25, -0.2) is 4.79 Å². The summed E-state index contributed by atoms with van der Waals surface area (Å²) in [6.07, 6.45) is 6.71. The molecule has 2 N–H and O–H groups in total. The molecular formula is C19H24N2O4. The average molecular weight is 344 g/mol. The molecule has 2 aliphatic rings. The van der Waals surface area contributed by atoms with E-state index in [1.165, 1.54) is 6.42 Å². The van der Waals surface area contributed by atoms with E-state index in [4.69, 9.17) is 4.74 Å². The molecule has 6 heteroatoms. The van der Waals surface area contributed by atoms with Crippen molar-refractivity contribution in [3.63, 3.8) is 0 Å². The molecule has 2 aliphatic carbocycles. The smallest absolute Gasteiger partial charge is 0.321 e. The normalized spacial score (nSPS) is 18.9. The first kappa shape index (κ1) is 17.5. The number of nitrogens with one attached hydrogen (secondary N) is 2. The summed E-state index contributed by atoms with van der Waals surface area (Å²) < 4.78 is 5.15. The Balaban J connectivity index is 1.43. The van der Waals surface area contributed by atoms with Gasteiger partial charge in [-0.3, -0.25) is 14.9 Å². The lowest BCUT2D eigenvalue weighted by Gasteiger charge is -2.22. The summed E-state index contributed by atoms with van der Waals surface area (Å²) in [5, 5.41) is 5.02. The van der Waals surface area contributed by atoms with E-state index in [9.17, 15) is 14.4 Å². The van der Waals surface area contributed by atoms with Crippen molar-refractivity contribution >= 4 is 17.9 Å². The largest absolute Gasteiger partial charge is 0.455 e. The van der Waals surface area contributed by atoms with E-state index < -0.39 is 29.9 Å². The molecule has 0 saturated heterocycles. The monoisotopic (exact) mass is 344 g/mol. The van der Waals surface area contributed by atoms with E-state index in [0.717, 1.165) is 44.1 Å². The molecule has 0 spiro atoms. The van der Waals surface area contributed by atoms with Crippen molar-refractivity contribution in [3.05, 3.63) is 35.9 Å². The predicted octanol–water partition coefficient (Wildman–Crippen LogP) is 2.42. The maximum Gasteiger partial charge on any atom is 0.321 e. The minimum Gasteiger partial charge on any atom is -0.455 e. The zero-order valence-corrected chi connectivity index (χ0v) is 14.3. The molecule has 0 unspecified atom stereocenters. The molecule has 3 rings (SSSR count). The van der Waals surface area contributed by atoms with Crippen molar-refractivity contribution in [1.29, 1.82) is 0 Å². The summed E-state index contributed by atoms with van der Waals surface area (Å²) in [5.41, 5.74) is 0.293. The third kappa shape index (κ3) is 4.38. The van der Waals surface area contributed by atoms with Crippen LogP contribution in [0.25, 0.3) is 0 Å². The van der Waals surface area contributed by atoms with Crippen LogP contribution in [0.3, 0.4) is 0 Å². The maximum atomic E-state index is 12.3. The second-order valence-corrected chi connectivity index (χ2v) is 6.88. The van der Waals surface area contributed by atoms with E-state index in [-0.39, 0.29) is 6.04 Å². The van der Waals surface area contributed by atoms with Crippen LogP contribution in [-0.4, -0.2) is 30.6 Å². The number of amides is 3. The van der Waals surface area contributed by atoms with Crippen molar-refractivity contribution in [2.45, 2.75) is 56.4 Å². The molecule has 2 saturated carbocycles. The highest BCUT2D eigenvalue weighted by Crippen LogP contribution is 2.49. The van der Waals surface area contributed by atoms with Gasteiger partial charge in [-0.05, 0) is 31.2 Å². The molecule has 3 amide bonds.